The Morgan fingerprint density at radius 2 is 1.80 bits per heavy atom. The lowest BCUT2D eigenvalue weighted by Crippen LogP contribution is -2.48. The Labute approximate surface area is 128 Å². The summed E-state index contributed by atoms with van der Waals surface area (Å²) in [6.45, 7) is 3.96. The van der Waals surface area contributed by atoms with Crippen molar-refractivity contribution in [2.75, 3.05) is 25.5 Å². The highest BCUT2D eigenvalue weighted by Gasteiger charge is 2.34. The second-order valence-corrected chi connectivity index (χ2v) is 8.62. The normalized spacial score (nSPS) is 25.7. The van der Waals surface area contributed by atoms with Gasteiger partial charge in [-0.2, -0.15) is 12.7 Å². The van der Waals surface area contributed by atoms with Gasteiger partial charge in [0.05, 0.1) is 0 Å². The van der Waals surface area contributed by atoms with Gasteiger partial charge in [0.1, 0.15) is 0 Å². The molecule has 4 nitrogen and oxygen atoms in total. The van der Waals surface area contributed by atoms with E-state index < -0.39 is 10.2 Å². The van der Waals surface area contributed by atoms with Crippen molar-refractivity contribution in [3.8, 4) is 0 Å². The van der Waals surface area contributed by atoms with E-state index in [4.69, 9.17) is 11.6 Å². The first-order chi connectivity index (χ1) is 9.47. The molecule has 0 radical (unpaired) electrons. The summed E-state index contributed by atoms with van der Waals surface area (Å²) >= 11 is 6.12. The second-order valence-electron chi connectivity index (χ2n) is 6.60. The Hall–Kier alpha value is 0.160. The molecule has 0 aromatic heterocycles. The summed E-state index contributed by atoms with van der Waals surface area (Å²) in [6, 6.07) is 0. The van der Waals surface area contributed by atoms with Crippen LogP contribution in [-0.2, 0) is 10.2 Å². The molecule has 1 aliphatic heterocycles. The summed E-state index contributed by atoms with van der Waals surface area (Å²) in [7, 11) is -3.33. The summed E-state index contributed by atoms with van der Waals surface area (Å²) in [5, 5.41) is 0. The van der Waals surface area contributed by atoms with Crippen LogP contribution in [0.3, 0.4) is 0 Å². The Morgan fingerprint density at radius 1 is 1.20 bits per heavy atom. The molecule has 0 amide bonds. The van der Waals surface area contributed by atoms with Gasteiger partial charge in [0.15, 0.2) is 0 Å². The Morgan fingerprint density at radius 3 is 2.35 bits per heavy atom. The summed E-state index contributed by atoms with van der Waals surface area (Å²) < 4.78 is 29.1. The standard InChI is InChI=1S/C14H27ClN2O2S/c1-13-5-9-17(10-6-13)20(18,19)16-12-14(11-15)7-3-2-4-8-14/h13,16H,2-12H2,1H3. The fourth-order valence-corrected chi connectivity index (χ4v) is 4.94. The van der Waals surface area contributed by atoms with E-state index in [-0.39, 0.29) is 5.41 Å². The third-order valence-electron chi connectivity index (χ3n) is 4.91. The molecule has 0 atom stereocenters. The maximum atomic E-state index is 12.4. The topological polar surface area (TPSA) is 49.4 Å². The third kappa shape index (κ3) is 4.09. The minimum Gasteiger partial charge on any atom is -0.202 e. The molecule has 1 saturated carbocycles. The molecule has 6 heteroatoms. The predicted molar refractivity (Wildman–Crippen MR) is 83.1 cm³/mol. The van der Waals surface area contributed by atoms with Crippen LogP contribution in [0.2, 0.25) is 0 Å². The van der Waals surface area contributed by atoms with Gasteiger partial charge in [0.2, 0.25) is 0 Å². The molecule has 2 aliphatic rings. The molecule has 0 unspecified atom stereocenters. The van der Waals surface area contributed by atoms with Gasteiger partial charge in [-0.15, -0.1) is 11.6 Å². The minimum atomic E-state index is -3.33. The maximum absolute atomic E-state index is 12.4. The SMILES string of the molecule is CC1CCN(S(=O)(=O)NCC2(CCl)CCCCC2)CC1. The molecule has 1 aliphatic carbocycles. The predicted octanol–water partition coefficient (Wildman–Crippen LogP) is 2.74. The molecule has 0 spiro atoms. The van der Waals surface area contributed by atoms with Crippen LogP contribution in [0, 0.1) is 11.3 Å². The highest BCUT2D eigenvalue weighted by atomic mass is 35.5. The lowest BCUT2D eigenvalue weighted by Gasteiger charge is -2.37. The van der Waals surface area contributed by atoms with E-state index in [2.05, 4.69) is 11.6 Å². The zero-order valence-corrected chi connectivity index (χ0v) is 14.0. The molecule has 20 heavy (non-hydrogen) atoms. The van der Waals surface area contributed by atoms with Crippen LogP contribution in [0.25, 0.3) is 0 Å². The van der Waals surface area contributed by atoms with Crippen molar-refractivity contribution in [2.24, 2.45) is 11.3 Å². The lowest BCUT2D eigenvalue weighted by molar-refractivity contribution is 0.219. The van der Waals surface area contributed by atoms with E-state index >= 15 is 0 Å². The first-order valence-corrected chi connectivity index (χ1v) is 9.76. The van der Waals surface area contributed by atoms with Crippen LogP contribution in [0.15, 0.2) is 0 Å². The summed E-state index contributed by atoms with van der Waals surface area (Å²) in [6.07, 6.45) is 7.57. The molecule has 0 aromatic carbocycles. The molecule has 2 rings (SSSR count). The molecule has 1 N–H and O–H groups in total. The molecule has 118 valence electrons. The van der Waals surface area contributed by atoms with Crippen LogP contribution in [0.1, 0.15) is 51.9 Å². The van der Waals surface area contributed by atoms with Gasteiger partial charge in [-0.3, -0.25) is 0 Å². The van der Waals surface area contributed by atoms with Crippen molar-refractivity contribution in [1.29, 1.82) is 0 Å². The van der Waals surface area contributed by atoms with Gasteiger partial charge in [0, 0.05) is 25.5 Å². The maximum Gasteiger partial charge on any atom is 0.279 e. The van der Waals surface area contributed by atoms with Crippen molar-refractivity contribution in [3.63, 3.8) is 0 Å². The van der Waals surface area contributed by atoms with E-state index in [9.17, 15) is 8.42 Å². The van der Waals surface area contributed by atoms with Crippen LogP contribution >= 0.6 is 11.6 Å². The molecule has 0 bridgehead atoms. The highest BCUT2D eigenvalue weighted by molar-refractivity contribution is 7.87. The van der Waals surface area contributed by atoms with Crippen molar-refractivity contribution in [2.45, 2.75) is 51.9 Å². The zero-order valence-electron chi connectivity index (χ0n) is 12.4. The van der Waals surface area contributed by atoms with Crippen molar-refractivity contribution in [1.82, 2.24) is 9.03 Å². The summed E-state index contributed by atoms with van der Waals surface area (Å²) in [4.78, 5) is 0. The van der Waals surface area contributed by atoms with Crippen LogP contribution < -0.4 is 4.72 Å². The lowest BCUT2D eigenvalue weighted by atomic mass is 9.76. The van der Waals surface area contributed by atoms with Gasteiger partial charge in [-0.25, -0.2) is 4.72 Å². The number of alkyl halides is 1. The fraction of sp³-hybridized carbons (Fsp3) is 1.00. The molecular weight excluding hydrogens is 296 g/mol. The molecular formula is C14H27ClN2O2S. The van der Waals surface area contributed by atoms with E-state index in [1.807, 2.05) is 0 Å². The van der Waals surface area contributed by atoms with Crippen molar-refractivity contribution < 1.29 is 8.42 Å². The Kier molecular flexibility index (Phi) is 5.74. The Balaban J connectivity index is 1.91. The summed E-state index contributed by atoms with van der Waals surface area (Å²) in [5.41, 5.74) is -0.0318. The number of piperidine rings is 1. The minimum absolute atomic E-state index is 0.0318. The van der Waals surface area contributed by atoms with E-state index in [1.54, 1.807) is 4.31 Å². The number of rotatable bonds is 5. The van der Waals surface area contributed by atoms with E-state index in [0.717, 1.165) is 38.5 Å². The number of hydrogen-bond donors (Lipinski definition) is 1. The van der Waals surface area contributed by atoms with Gasteiger partial charge in [0.25, 0.3) is 10.2 Å². The quantitative estimate of drug-likeness (QED) is 0.791. The summed E-state index contributed by atoms with van der Waals surface area (Å²) in [5.74, 6) is 1.18. The highest BCUT2D eigenvalue weighted by Crippen LogP contribution is 2.37. The van der Waals surface area contributed by atoms with E-state index in [1.165, 1.54) is 6.42 Å². The molecule has 1 saturated heterocycles. The number of nitrogens with zero attached hydrogens (tertiary/aromatic N) is 1. The van der Waals surface area contributed by atoms with Crippen LogP contribution in [-0.4, -0.2) is 38.2 Å². The fourth-order valence-electron chi connectivity index (χ4n) is 3.22. The van der Waals surface area contributed by atoms with Crippen molar-refractivity contribution in [3.05, 3.63) is 0 Å². The average molecular weight is 323 g/mol. The van der Waals surface area contributed by atoms with Crippen LogP contribution in [0.5, 0.6) is 0 Å². The largest absolute Gasteiger partial charge is 0.279 e. The first-order valence-electron chi connectivity index (χ1n) is 7.78. The van der Waals surface area contributed by atoms with Gasteiger partial charge < -0.3 is 0 Å². The molecule has 2 fully saturated rings. The van der Waals surface area contributed by atoms with Crippen molar-refractivity contribution >= 4 is 21.8 Å². The first kappa shape index (κ1) is 16.5. The third-order valence-corrected chi connectivity index (χ3v) is 7.03. The monoisotopic (exact) mass is 322 g/mol. The van der Waals surface area contributed by atoms with Gasteiger partial charge in [-0.05, 0) is 37.0 Å². The Bertz CT molecular complexity index is 399. The smallest absolute Gasteiger partial charge is 0.202 e. The molecule has 0 aromatic rings. The number of nitrogens with one attached hydrogen (secondary N) is 1. The van der Waals surface area contributed by atoms with Crippen LogP contribution in [0.4, 0.5) is 0 Å². The number of hydrogen-bond acceptors (Lipinski definition) is 2. The average Bonchev–Trinajstić information content (AvgIpc) is 2.47. The molecule has 1 heterocycles. The second kappa shape index (κ2) is 6.95. The number of halogens is 1. The van der Waals surface area contributed by atoms with Gasteiger partial charge in [-0.1, -0.05) is 26.2 Å². The van der Waals surface area contributed by atoms with E-state index in [0.29, 0.717) is 31.4 Å². The van der Waals surface area contributed by atoms with Gasteiger partial charge >= 0.3 is 0 Å². The zero-order chi connectivity index (χ0) is 14.6.